The first-order valence-electron chi connectivity index (χ1n) is 15.9. The van der Waals surface area contributed by atoms with Crippen LogP contribution in [0.3, 0.4) is 0 Å². The van der Waals surface area contributed by atoms with E-state index >= 15 is 0 Å². The largest absolute Gasteiger partial charge is 0.461 e. The summed E-state index contributed by atoms with van der Waals surface area (Å²) in [4.78, 5) is 69.5. The van der Waals surface area contributed by atoms with Crippen LogP contribution in [0.25, 0.3) is 10.9 Å². The number of methoxy groups -OCH3 is 1. The molecule has 246 valence electrons. The zero-order valence-corrected chi connectivity index (χ0v) is 26.9. The molecule has 4 aromatic rings. The minimum absolute atomic E-state index is 0.0273. The number of nitrogens with one attached hydrogen (secondary N) is 2. The van der Waals surface area contributed by atoms with Gasteiger partial charge in [-0.3, -0.25) is 24.0 Å². The quantitative estimate of drug-likeness (QED) is 0.0805. The van der Waals surface area contributed by atoms with E-state index in [9.17, 15) is 24.0 Å². The van der Waals surface area contributed by atoms with Crippen LogP contribution in [0.15, 0.2) is 91.1 Å². The third-order valence-corrected chi connectivity index (χ3v) is 8.14. The van der Waals surface area contributed by atoms with Crippen molar-refractivity contribution >= 4 is 40.1 Å². The molecule has 9 heteroatoms. The Labute approximate surface area is 275 Å². The number of carbonyl (C=O) groups is 5. The van der Waals surface area contributed by atoms with Crippen LogP contribution in [0, 0.1) is 11.8 Å². The normalized spacial score (nSPS) is 13.0. The number of hydrogen-bond acceptors (Lipinski definition) is 7. The van der Waals surface area contributed by atoms with Crippen LogP contribution < -0.4 is 5.32 Å². The van der Waals surface area contributed by atoms with E-state index in [-0.39, 0.29) is 44.5 Å². The number of aromatic nitrogens is 1. The van der Waals surface area contributed by atoms with Crippen LogP contribution in [-0.2, 0) is 52.9 Å². The van der Waals surface area contributed by atoms with E-state index in [1.165, 1.54) is 7.11 Å². The van der Waals surface area contributed by atoms with Gasteiger partial charge < -0.3 is 19.8 Å². The lowest BCUT2D eigenvalue weighted by Gasteiger charge is -2.22. The maximum atomic E-state index is 14.0. The van der Waals surface area contributed by atoms with Crippen LogP contribution in [0.1, 0.15) is 49.3 Å². The fourth-order valence-electron chi connectivity index (χ4n) is 5.49. The molecule has 47 heavy (non-hydrogen) atoms. The van der Waals surface area contributed by atoms with Crippen LogP contribution in [0.5, 0.6) is 0 Å². The van der Waals surface area contributed by atoms with Gasteiger partial charge in [0.2, 0.25) is 11.7 Å². The van der Waals surface area contributed by atoms with E-state index in [1.807, 2.05) is 84.9 Å². The van der Waals surface area contributed by atoms with Crippen molar-refractivity contribution < 1.29 is 33.4 Å². The molecule has 0 fully saturated rings. The molecule has 2 N–H and O–H groups in total. The van der Waals surface area contributed by atoms with Crippen molar-refractivity contribution in [1.29, 1.82) is 0 Å². The first-order chi connectivity index (χ1) is 22.7. The van der Waals surface area contributed by atoms with Gasteiger partial charge in [0.15, 0.2) is 11.6 Å². The van der Waals surface area contributed by atoms with Crippen LogP contribution in [-0.4, -0.2) is 54.0 Å². The Morgan fingerprint density at radius 3 is 2.17 bits per heavy atom. The SMILES string of the molecule is COCCCC(=O)C(=O)[C@@H](CC(=O)[C@H](Cc1c[nH]c2ccccc12)NC(=O)[C@H](C)CC(=O)OCc1ccccc1)Cc1ccccc1. The monoisotopic (exact) mass is 638 g/mol. The first-order valence-corrected chi connectivity index (χ1v) is 15.9. The minimum Gasteiger partial charge on any atom is -0.461 e. The highest BCUT2D eigenvalue weighted by atomic mass is 16.5. The lowest BCUT2D eigenvalue weighted by Crippen LogP contribution is -2.46. The number of fused-ring (bicyclic) bond motifs is 1. The zero-order valence-electron chi connectivity index (χ0n) is 26.9. The zero-order chi connectivity index (χ0) is 33.6. The van der Waals surface area contributed by atoms with Crippen LogP contribution >= 0.6 is 0 Å². The molecule has 0 radical (unpaired) electrons. The highest BCUT2D eigenvalue weighted by Gasteiger charge is 2.32. The van der Waals surface area contributed by atoms with Crippen LogP contribution in [0.4, 0.5) is 0 Å². The maximum Gasteiger partial charge on any atom is 0.306 e. The number of ketones is 3. The fraction of sp³-hybridized carbons (Fsp3) is 0.342. The Morgan fingerprint density at radius 2 is 1.47 bits per heavy atom. The number of rotatable bonds is 19. The van der Waals surface area contributed by atoms with Crippen molar-refractivity contribution in [3.05, 3.63) is 108 Å². The second kappa shape index (κ2) is 17.7. The molecule has 1 heterocycles. The smallest absolute Gasteiger partial charge is 0.306 e. The molecule has 4 rings (SSSR count). The number of carbonyl (C=O) groups excluding carboxylic acids is 5. The van der Waals surface area contributed by atoms with Gasteiger partial charge in [-0.05, 0) is 35.6 Å². The molecule has 0 saturated heterocycles. The topological polar surface area (TPSA) is 132 Å². The number of benzene rings is 3. The Balaban J connectivity index is 1.51. The summed E-state index contributed by atoms with van der Waals surface area (Å²) in [5, 5.41) is 3.76. The molecule has 9 nitrogen and oxygen atoms in total. The van der Waals surface area contributed by atoms with Crippen molar-refractivity contribution in [3.63, 3.8) is 0 Å². The molecule has 1 amide bonds. The van der Waals surface area contributed by atoms with E-state index < -0.39 is 41.3 Å². The molecular weight excluding hydrogens is 596 g/mol. The standard InChI is InChI=1S/C38H42N2O7/c1-26(20-36(43)47-25-28-14-7-4-8-15-28)38(45)40-33(22-30-24-39-32-17-10-9-16-31(30)32)35(42)23-29(21-27-12-5-3-6-13-27)37(44)34(41)18-11-19-46-2/h3-10,12-17,24,26,29,33,39H,11,18-23,25H2,1-2H3,(H,40,45)/t26-,29-,33+/m1/s1. The lowest BCUT2D eigenvalue weighted by atomic mass is 9.85. The summed E-state index contributed by atoms with van der Waals surface area (Å²) < 4.78 is 10.4. The summed E-state index contributed by atoms with van der Waals surface area (Å²) >= 11 is 0. The molecule has 0 saturated carbocycles. The van der Waals surface area contributed by atoms with Gasteiger partial charge in [0.05, 0.1) is 12.5 Å². The number of para-hydroxylation sites is 1. The molecule has 0 aliphatic heterocycles. The molecule has 0 unspecified atom stereocenters. The van der Waals surface area contributed by atoms with E-state index in [1.54, 1.807) is 13.1 Å². The van der Waals surface area contributed by atoms with Gasteiger partial charge in [0.25, 0.3) is 0 Å². The summed E-state index contributed by atoms with van der Waals surface area (Å²) in [5.41, 5.74) is 3.35. The maximum absolute atomic E-state index is 14.0. The second-order valence-electron chi connectivity index (χ2n) is 11.8. The summed E-state index contributed by atoms with van der Waals surface area (Å²) in [7, 11) is 1.53. The number of esters is 1. The Morgan fingerprint density at radius 1 is 0.809 bits per heavy atom. The fourth-order valence-corrected chi connectivity index (χ4v) is 5.49. The van der Waals surface area contributed by atoms with Crippen LogP contribution in [0.2, 0.25) is 0 Å². The van der Waals surface area contributed by atoms with E-state index in [0.29, 0.717) is 13.0 Å². The predicted molar refractivity (Wildman–Crippen MR) is 178 cm³/mol. The van der Waals surface area contributed by atoms with Crippen molar-refractivity contribution in [1.82, 2.24) is 10.3 Å². The van der Waals surface area contributed by atoms with Gasteiger partial charge >= 0.3 is 5.97 Å². The summed E-state index contributed by atoms with van der Waals surface area (Å²) in [6.45, 7) is 2.04. The molecule has 0 aliphatic carbocycles. The van der Waals surface area contributed by atoms with Crippen molar-refractivity contribution in [2.24, 2.45) is 11.8 Å². The number of aromatic amines is 1. The van der Waals surface area contributed by atoms with Gasteiger partial charge in [0.1, 0.15) is 6.61 Å². The Hall–Kier alpha value is -4.89. The van der Waals surface area contributed by atoms with Gasteiger partial charge in [-0.25, -0.2) is 0 Å². The van der Waals surface area contributed by atoms with Crippen molar-refractivity contribution in [2.45, 2.75) is 58.1 Å². The average molecular weight is 639 g/mol. The summed E-state index contributed by atoms with van der Waals surface area (Å²) in [6, 6.07) is 25.1. The predicted octanol–water partition coefficient (Wildman–Crippen LogP) is 5.35. The van der Waals surface area contributed by atoms with Crippen molar-refractivity contribution in [2.75, 3.05) is 13.7 Å². The third-order valence-electron chi connectivity index (χ3n) is 8.14. The molecular formula is C38H42N2O7. The number of ether oxygens (including phenoxy) is 2. The van der Waals surface area contributed by atoms with Gasteiger partial charge in [-0.15, -0.1) is 0 Å². The lowest BCUT2D eigenvalue weighted by molar-refractivity contribution is -0.148. The van der Waals surface area contributed by atoms with Crippen molar-refractivity contribution in [3.8, 4) is 0 Å². The Bertz CT molecular complexity index is 1650. The average Bonchev–Trinajstić information content (AvgIpc) is 3.49. The number of hydrogen-bond donors (Lipinski definition) is 2. The van der Waals surface area contributed by atoms with Gasteiger partial charge in [-0.2, -0.15) is 0 Å². The first kappa shape index (κ1) is 35.0. The van der Waals surface area contributed by atoms with E-state index in [0.717, 1.165) is 27.6 Å². The molecule has 1 aromatic heterocycles. The number of Topliss-reactive ketones (excluding diaryl/α,β-unsaturated/α-hetero) is 3. The number of H-pyrrole nitrogens is 1. The van der Waals surface area contributed by atoms with Gasteiger partial charge in [-0.1, -0.05) is 85.8 Å². The second-order valence-corrected chi connectivity index (χ2v) is 11.8. The molecule has 0 aliphatic rings. The molecule has 0 spiro atoms. The Kier molecular flexibility index (Phi) is 13.2. The van der Waals surface area contributed by atoms with E-state index in [2.05, 4.69) is 10.3 Å². The van der Waals surface area contributed by atoms with Gasteiger partial charge in [0, 0.05) is 61.9 Å². The molecule has 3 aromatic carbocycles. The summed E-state index contributed by atoms with van der Waals surface area (Å²) in [5.74, 6) is -4.21. The van der Waals surface area contributed by atoms with E-state index in [4.69, 9.17) is 9.47 Å². The molecule has 0 bridgehead atoms. The highest BCUT2D eigenvalue weighted by Crippen LogP contribution is 2.22. The minimum atomic E-state index is -1.00. The molecule has 3 atom stereocenters. The number of amides is 1. The highest BCUT2D eigenvalue weighted by molar-refractivity contribution is 6.38. The third kappa shape index (κ3) is 10.6. The summed E-state index contributed by atoms with van der Waals surface area (Å²) in [6.07, 6.45) is 2.19.